The van der Waals surface area contributed by atoms with Crippen LogP contribution in [0, 0.1) is 4.91 Å². The van der Waals surface area contributed by atoms with Gasteiger partial charge in [-0.3, -0.25) is 9.89 Å². The Morgan fingerprint density at radius 1 is 1.33 bits per heavy atom. The number of thioether (sulfide) groups is 1. The first-order chi connectivity index (χ1) is 11.6. The summed E-state index contributed by atoms with van der Waals surface area (Å²) in [7, 11) is 1.88. The number of nitroso groups, excluding NO2 is 1. The molecule has 0 aliphatic heterocycles. The molecule has 0 atom stereocenters. The second-order valence-corrected chi connectivity index (χ2v) is 6.17. The molecule has 0 unspecified atom stereocenters. The number of aromatic amines is 2. The Hall–Kier alpha value is -2.81. The SMILES string of the molecule is CC(=O)CSc1n[nH]c(-c2cc(N=O)cc(-c3cc[nH][n+]3C)c2)n1. The van der Waals surface area contributed by atoms with Gasteiger partial charge in [0.25, 0.3) is 0 Å². The summed E-state index contributed by atoms with van der Waals surface area (Å²) in [6.45, 7) is 1.52. The molecule has 0 aliphatic carbocycles. The predicted octanol–water partition coefficient (Wildman–Crippen LogP) is 2.37. The minimum Gasteiger partial charge on any atom is -0.299 e. The van der Waals surface area contributed by atoms with E-state index >= 15 is 0 Å². The average molecular weight is 343 g/mol. The minimum atomic E-state index is 0.0562. The van der Waals surface area contributed by atoms with E-state index in [2.05, 4.69) is 25.5 Å². The van der Waals surface area contributed by atoms with Gasteiger partial charge in [-0.15, -0.1) is 14.7 Å². The van der Waals surface area contributed by atoms with Crippen molar-refractivity contribution in [2.45, 2.75) is 12.1 Å². The standard InChI is InChI=1S/C15H14N6O2S/c1-9(22)8-24-15-17-14(18-19-15)11-5-10(6-12(7-11)20-23)13-3-4-16-21(13)2/h3-7H,8H2,1-2H3,(H,17,18,19)/p+1. The summed E-state index contributed by atoms with van der Waals surface area (Å²) in [6, 6.07) is 7.16. The van der Waals surface area contributed by atoms with E-state index in [9.17, 15) is 9.70 Å². The van der Waals surface area contributed by atoms with E-state index in [-0.39, 0.29) is 5.78 Å². The summed E-state index contributed by atoms with van der Waals surface area (Å²) in [5.41, 5.74) is 2.75. The van der Waals surface area contributed by atoms with Crippen molar-refractivity contribution >= 4 is 23.2 Å². The van der Waals surface area contributed by atoms with E-state index in [0.717, 1.165) is 11.3 Å². The van der Waals surface area contributed by atoms with E-state index in [1.165, 1.54) is 18.7 Å². The van der Waals surface area contributed by atoms with Crippen molar-refractivity contribution in [1.82, 2.24) is 20.3 Å². The average Bonchev–Trinajstić information content (AvgIpc) is 3.21. The lowest BCUT2D eigenvalue weighted by molar-refractivity contribution is -0.716. The fraction of sp³-hybridized carbons (Fsp3) is 0.200. The maximum Gasteiger partial charge on any atom is 0.238 e. The number of H-pyrrole nitrogens is 2. The molecule has 0 fully saturated rings. The minimum absolute atomic E-state index is 0.0562. The second kappa shape index (κ2) is 6.75. The zero-order chi connectivity index (χ0) is 17.1. The molecule has 2 N–H and O–H groups in total. The van der Waals surface area contributed by atoms with Gasteiger partial charge in [-0.1, -0.05) is 11.8 Å². The molecule has 2 aromatic heterocycles. The molecule has 0 spiro atoms. The summed E-state index contributed by atoms with van der Waals surface area (Å²) in [4.78, 5) is 26.4. The molecular formula is C15H15N6O2S+. The molecule has 8 nitrogen and oxygen atoms in total. The Morgan fingerprint density at radius 2 is 2.12 bits per heavy atom. The van der Waals surface area contributed by atoms with E-state index in [1.807, 2.05) is 23.9 Å². The Morgan fingerprint density at radius 3 is 2.79 bits per heavy atom. The molecule has 3 rings (SSSR count). The monoisotopic (exact) mass is 343 g/mol. The number of hydrogen-bond donors (Lipinski definition) is 2. The van der Waals surface area contributed by atoms with Crippen LogP contribution in [-0.2, 0) is 11.8 Å². The molecule has 0 aliphatic rings. The molecule has 0 saturated carbocycles. The van der Waals surface area contributed by atoms with Crippen LogP contribution in [0.3, 0.4) is 0 Å². The number of nitrogens with zero attached hydrogens (tertiary/aromatic N) is 4. The highest BCUT2D eigenvalue weighted by atomic mass is 32.2. The van der Waals surface area contributed by atoms with Crippen LogP contribution in [0.2, 0.25) is 0 Å². The van der Waals surface area contributed by atoms with Gasteiger partial charge in [0.1, 0.15) is 11.5 Å². The number of carbonyl (C=O) groups excluding carboxylic acids is 1. The third kappa shape index (κ3) is 3.40. The third-order valence-electron chi connectivity index (χ3n) is 3.33. The Balaban J connectivity index is 1.97. The van der Waals surface area contributed by atoms with Crippen molar-refractivity contribution in [3.63, 3.8) is 0 Å². The fourth-order valence-electron chi connectivity index (χ4n) is 2.25. The van der Waals surface area contributed by atoms with Crippen LogP contribution in [0.5, 0.6) is 0 Å². The number of aryl methyl sites for hydroxylation is 1. The van der Waals surface area contributed by atoms with Gasteiger partial charge in [0.15, 0.2) is 12.9 Å². The molecule has 122 valence electrons. The zero-order valence-electron chi connectivity index (χ0n) is 13.1. The van der Waals surface area contributed by atoms with Crippen LogP contribution >= 0.6 is 11.8 Å². The number of aromatic nitrogens is 5. The number of rotatable bonds is 6. The maximum atomic E-state index is 11.0. The van der Waals surface area contributed by atoms with Crippen molar-refractivity contribution in [3.05, 3.63) is 35.4 Å². The van der Waals surface area contributed by atoms with Crippen LogP contribution < -0.4 is 4.68 Å². The second-order valence-electron chi connectivity index (χ2n) is 5.22. The summed E-state index contributed by atoms with van der Waals surface area (Å²) in [6.07, 6.45) is 1.81. The molecule has 0 radical (unpaired) electrons. The number of hydrogen-bond acceptors (Lipinski definition) is 6. The normalized spacial score (nSPS) is 10.8. The first kappa shape index (κ1) is 16.1. The molecular weight excluding hydrogens is 328 g/mol. The summed E-state index contributed by atoms with van der Waals surface area (Å²) in [5.74, 6) is 0.893. The van der Waals surface area contributed by atoms with Crippen molar-refractivity contribution < 1.29 is 9.48 Å². The maximum absolute atomic E-state index is 11.0. The smallest absolute Gasteiger partial charge is 0.238 e. The topological polar surface area (TPSA) is 108 Å². The lowest BCUT2D eigenvalue weighted by Gasteiger charge is -2.01. The zero-order valence-corrected chi connectivity index (χ0v) is 13.9. The van der Waals surface area contributed by atoms with Gasteiger partial charge in [-0.25, -0.2) is 4.98 Å². The Bertz CT molecular complexity index is 901. The first-order valence-electron chi connectivity index (χ1n) is 7.14. The predicted molar refractivity (Wildman–Crippen MR) is 89.6 cm³/mol. The molecule has 24 heavy (non-hydrogen) atoms. The fourth-order valence-corrected chi connectivity index (χ4v) is 2.85. The molecule has 1 aromatic carbocycles. The number of benzene rings is 1. The van der Waals surface area contributed by atoms with E-state index in [0.29, 0.717) is 28.0 Å². The summed E-state index contributed by atoms with van der Waals surface area (Å²) >= 11 is 1.26. The third-order valence-corrected chi connectivity index (χ3v) is 4.32. The van der Waals surface area contributed by atoms with Gasteiger partial charge < -0.3 is 0 Å². The number of nitrogens with one attached hydrogen (secondary N) is 2. The molecule has 9 heteroatoms. The first-order valence-corrected chi connectivity index (χ1v) is 8.12. The largest absolute Gasteiger partial charge is 0.299 e. The van der Waals surface area contributed by atoms with Crippen molar-refractivity contribution in [2.75, 3.05) is 5.75 Å². The number of Topliss-reactive ketones (excluding diaryl/α,β-unsaturated/α-hetero) is 1. The van der Waals surface area contributed by atoms with E-state index in [4.69, 9.17) is 0 Å². The number of carbonyl (C=O) groups is 1. The van der Waals surface area contributed by atoms with Gasteiger partial charge in [0.05, 0.1) is 17.5 Å². The lowest BCUT2D eigenvalue weighted by atomic mass is 10.1. The van der Waals surface area contributed by atoms with Crippen molar-refractivity contribution in [1.29, 1.82) is 0 Å². The molecule has 2 heterocycles. The molecule has 0 amide bonds. The highest BCUT2D eigenvalue weighted by molar-refractivity contribution is 7.99. The highest BCUT2D eigenvalue weighted by Crippen LogP contribution is 2.29. The van der Waals surface area contributed by atoms with Gasteiger partial charge in [-0.05, 0) is 30.3 Å². The summed E-state index contributed by atoms with van der Waals surface area (Å²) < 4.78 is 1.84. The quantitative estimate of drug-likeness (QED) is 0.406. The Labute approximate surface area is 141 Å². The van der Waals surface area contributed by atoms with Crippen molar-refractivity contribution in [3.8, 4) is 22.6 Å². The lowest BCUT2D eigenvalue weighted by Crippen LogP contribution is -2.31. The van der Waals surface area contributed by atoms with Crippen LogP contribution in [-0.4, -0.2) is 31.8 Å². The van der Waals surface area contributed by atoms with Crippen LogP contribution in [0.4, 0.5) is 5.69 Å². The van der Waals surface area contributed by atoms with Crippen LogP contribution in [0.1, 0.15) is 6.92 Å². The van der Waals surface area contributed by atoms with E-state index in [1.54, 1.807) is 18.3 Å². The molecule has 0 bridgehead atoms. The Kier molecular flexibility index (Phi) is 4.52. The van der Waals surface area contributed by atoms with Gasteiger partial charge >= 0.3 is 0 Å². The van der Waals surface area contributed by atoms with Gasteiger partial charge in [-0.2, -0.15) is 5.10 Å². The molecule has 3 aromatic rings. The van der Waals surface area contributed by atoms with Crippen molar-refractivity contribution in [2.24, 2.45) is 12.2 Å². The van der Waals surface area contributed by atoms with E-state index < -0.39 is 0 Å². The summed E-state index contributed by atoms with van der Waals surface area (Å²) in [5, 5.41) is 13.5. The highest BCUT2D eigenvalue weighted by Gasteiger charge is 2.15. The van der Waals surface area contributed by atoms with Crippen LogP contribution in [0.15, 0.2) is 40.8 Å². The number of ketones is 1. The molecule has 0 saturated heterocycles. The van der Waals surface area contributed by atoms with Gasteiger partial charge in [0.2, 0.25) is 10.9 Å². The van der Waals surface area contributed by atoms with Gasteiger partial charge in [0, 0.05) is 11.6 Å². The van der Waals surface area contributed by atoms with Crippen LogP contribution in [0.25, 0.3) is 22.6 Å².